The fourth-order valence-corrected chi connectivity index (χ4v) is 5.93. The lowest BCUT2D eigenvalue weighted by Gasteiger charge is -2.55. The highest BCUT2D eigenvalue weighted by Gasteiger charge is 2.54. The lowest BCUT2D eigenvalue weighted by Crippen LogP contribution is -2.53. The predicted molar refractivity (Wildman–Crippen MR) is 96.3 cm³/mol. The fraction of sp³-hybridized carbons (Fsp3) is 0.632. The number of rotatable bonds is 3. The van der Waals surface area contributed by atoms with Crippen molar-refractivity contribution in [2.75, 3.05) is 0 Å². The van der Waals surface area contributed by atoms with E-state index in [9.17, 15) is 4.79 Å². The Kier molecular flexibility index (Phi) is 3.74. The quantitative estimate of drug-likeness (QED) is 0.722. The summed E-state index contributed by atoms with van der Waals surface area (Å²) in [6, 6.07) is 8.60. The third kappa shape index (κ3) is 2.59. The van der Waals surface area contributed by atoms with E-state index in [1.807, 2.05) is 0 Å². The zero-order valence-corrected chi connectivity index (χ0v) is 15.3. The largest absolute Gasteiger partial charge is 0.349 e. The van der Waals surface area contributed by atoms with Crippen LogP contribution < -0.4 is 5.32 Å². The number of carbonyl (C=O) groups excluding carboxylic acids is 1. The molecule has 1 aromatic carbocycles. The second-order valence-corrected chi connectivity index (χ2v) is 9.19. The van der Waals surface area contributed by atoms with Crippen LogP contribution in [-0.2, 0) is 4.79 Å². The molecule has 0 heterocycles. The van der Waals surface area contributed by atoms with E-state index in [0.29, 0.717) is 5.91 Å². The van der Waals surface area contributed by atoms with Gasteiger partial charge < -0.3 is 5.32 Å². The minimum Gasteiger partial charge on any atom is -0.349 e. The average molecular weight is 409 g/mol. The van der Waals surface area contributed by atoms with Crippen LogP contribution in [-0.4, -0.2) is 5.91 Å². The summed E-state index contributed by atoms with van der Waals surface area (Å²) in [4.78, 5) is 13.0. The van der Waals surface area contributed by atoms with E-state index >= 15 is 0 Å². The van der Waals surface area contributed by atoms with E-state index in [-0.39, 0.29) is 11.5 Å². The summed E-state index contributed by atoms with van der Waals surface area (Å²) >= 11 is 2.32. The molecule has 1 N–H and O–H groups in total. The molecule has 0 aliphatic heterocycles. The Balaban J connectivity index is 1.49. The van der Waals surface area contributed by atoms with Crippen molar-refractivity contribution in [2.24, 2.45) is 23.2 Å². The number of benzene rings is 1. The first-order valence-electron chi connectivity index (χ1n) is 8.60. The van der Waals surface area contributed by atoms with Crippen molar-refractivity contribution in [2.45, 2.75) is 51.5 Å². The van der Waals surface area contributed by atoms with Crippen molar-refractivity contribution in [3.05, 3.63) is 33.4 Å². The van der Waals surface area contributed by atoms with Crippen molar-refractivity contribution in [1.29, 1.82) is 0 Å². The predicted octanol–water partition coefficient (Wildman–Crippen LogP) is 4.68. The second kappa shape index (κ2) is 5.50. The minimum atomic E-state index is -0.0355. The molecule has 4 bridgehead atoms. The molecule has 0 radical (unpaired) electrons. The van der Waals surface area contributed by atoms with Gasteiger partial charge in [-0.05, 0) is 103 Å². The van der Waals surface area contributed by atoms with Gasteiger partial charge in [-0.2, -0.15) is 0 Å². The molecule has 0 aromatic heterocycles. The van der Waals surface area contributed by atoms with Gasteiger partial charge in [0.1, 0.15) is 0 Å². The molecule has 4 saturated carbocycles. The monoisotopic (exact) mass is 409 g/mol. The van der Waals surface area contributed by atoms with Crippen molar-refractivity contribution < 1.29 is 4.79 Å². The van der Waals surface area contributed by atoms with E-state index in [2.05, 4.69) is 59.1 Å². The zero-order valence-electron chi connectivity index (χ0n) is 13.1. The van der Waals surface area contributed by atoms with Gasteiger partial charge in [0.15, 0.2) is 0 Å². The van der Waals surface area contributed by atoms with Gasteiger partial charge in [0.25, 0.3) is 0 Å². The van der Waals surface area contributed by atoms with Crippen molar-refractivity contribution in [3.63, 3.8) is 0 Å². The van der Waals surface area contributed by atoms with Gasteiger partial charge in [0.05, 0.1) is 6.04 Å². The molecule has 0 spiro atoms. The number of amides is 1. The number of nitrogens with one attached hydrogen (secondary N) is 1. The Morgan fingerprint density at radius 1 is 1.09 bits per heavy atom. The molecule has 1 atom stereocenters. The van der Waals surface area contributed by atoms with Gasteiger partial charge >= 0.3 is 0 Å². The standard InChI is InChI=1S/C19H24INO/c1-12(16-2-4-17(20)5-3-16)21-18(22)19-9-13-6-14(10-19)8-15(7-13)11-19/h2-5,12-15H,6-11H2,1H3,(H,21,22)/t12-,13?,14?,15?,19?/m1/s1. The SMILES string of the molecule is C[C@@H](NC(=O)C12CC3CC(CC(C3)C1)C2)c1ccc(I)cc1. The summed E-state index contributed by atoms with van der Waals surface area (Å²) in [6.07, 6.45) is 7.59. The van der Waals surface area contributed by atoms with Crippen LogP contribution >= 0.6 is 22.6 Å². The Labute approximate surface area is 146 Å². The summed E-state index contributed by atoms with van der Waals surface area (Å²) in [5, 5.41) is 3.33. The molecule has 2 nitrogen and oxygen atoms in total. The van der Waals surface area contributed by atoms with Gasteiger partial charge in [0.2, 0.25) is 5.91 Å². The zero-order chi connectivity index (χ0) is 15.3. The maximum absolute atomic E-state index is 13.0. The lowest BCUT2D eigenvalue weighted by molar-refractivity contribution is -0.147. The first kappa shape index (κ1) is 15.0. The van der Waals surface area contributed by atoms with Crippen LogP contribution in [0.5, 0.6) is 0 Å². The minimum absolute atomic E-state index is 0.0355. The summed E-state index contributed by atoms with van der Waals surface area (Å²) in [7, 11) is 0. The molecule has 3 heteroatoms. The maximum Gasteiger partial charge on any atom is 0.226 e. The smallest absolute Gasteiger partial charge is 0.226 e. The van der Waals surface area contributed by atoms with Crippen LogP contribution in [0.4, 0.5) is 0 Å². The van der Waals surface area contributed by atoms with E-state index in [0.717, 1.165) is 37.0 Å². The Hall–Kier alpha value is -0.580. The van der Waals surface area contributed by atoms with Gasteiger partial charge in [-0.1, -0.05) is 12.1 Å². The van der Waals surface area contributed by atoms with E-state index in [1.54, 1.807) is 0 Å². The van der Waals surface area contributed by atoms with Crippen molar-refractivity contribution in [3.8, 4) is 0 Å². The lowest BCUT2D eigenvalue weighted by atomic mass is 9.49. The summed E-state index contributed by atoms with van der Waals surface area (Å²) in [5.41, 5.74) is 1.17. The molecule has 1 amide bonds. The molecular formula is C19H24INO. The molecule has 0 unspecified atom stereocenters. The topological polar surface area (TPSA) is 29.1 Å². The molecule has 4 fully saturated rings. The number of hydrogen-bond donors (Lipinski definition) is 1. The highest BCUT2D eigenvalue weighted by molar-refractivity contribution is 14.1. The molecule has 4 aliphatic rings. The molecule has 22 heavy (non-hydrogen) atoms. The Morgan fingerprint density at radius 2 is 1.59 bits per heavy atom. The molecule has 5 rings (SSSR count). The van der Waals surface area contributed by atoms with Crippen LogP contribution in [0.3, 0.4) is 0 Å². The molecular weight excluding hydrogens is 385 g/mol. The van der Waals surface area contributed by atoms with Gasteiger partial charge in [-0.3, -0.25) is 4.79 Å². The molecule has 4 aliphatic carbocycles. The Bertz CT molecular complexity index is 544. The highest BCUT2D eigenvalue weighted by Crippen LogP contribution is 2.60. The van der Waals surface area contributed by atoms with Crippen LogP contribution in [0.25, 0.3) is 0 Å². The number of carbonyl (C=O) groups is 1. The average Bonchev–Trinajstić information content (AvgIpc) is 2.46. The Morgan fingerprint density at radius 3 is 2.09 bits per heavy atom. The van der Waals surface area contributed by atoms with Gasteiger partial charge in [-0.25, -0.2) is 0 Å². The molecule has 0 saturated heterocycles. The van der Waals surface area contributed by atoms with E-state index < -0.39 is 0 Å². The van der Waals surface area contributed by atoms with Crippen LogP contribution in [0.1, 0.15) is 57.1 Å². The van der Waals surface area contributed by atoms with Crippen LogP contribution in [0.15, 0.2) is 24.3 Å². The van der Waals surface area contributed by atoms with Crippen LogP contribution in [0, 0.1) is 26.7 Å². The van der Waals surface area contributed by atoms with E-state index in [4.69, 9.17) is 0 Å². The number of hydrogen-bond acceptors (Lipinski definition) is 1. The van der Waals surface area contributed by atoms with Crippen LogP contribution in [0.2, 0.25) is 0 Å². The molecule has 1 aromatic rings. The summed E-state index contributed by atoms with van der Waals surface area (Å²) in [6.45, 7) is 2.11. The first-order chi connectivity index (χ1) is 10.5. The third-order valence-electron chi connectivity index (χ3n) is 6.24. The summed E-state index contributed by atoms with van der Waals surface area (Å²) < 4.78 is 1.24. The highest BCUT2D eigenvalue weighted by atomic mass is 127. The second-order valence-electron chi connectivity index (χ2n) is 7.94. The van der Waals surface area contributed by atoms with Gasteiger partial charge in [-0.15, -0.1) is 0 Å². The third-order valence-corrected chi connectivity index (χ3v) is 6.96. The summed E-state index contributed by atoms with van der Waals surface area (Å²) in [5.74, 6) is 2.81. The van der Waals surface area contributed by atoms with Crippen molar-refractivity contribution in [1.82, 2.24) is 5.32 Å². The molecule has 118 valence electrons. The first-order valence-corrected chi connectivity index (χ1v) is 9.68. The maximum atomic E-state index is 13.0. The number of halogens is 1. The van der Waals surface area contributed by atoms with E-state index in [1.165, 1.54) is 28.4 Å². The fourth-order valence-electron chi connectivity index (χ4n) is 5.57. The normalized spacial score (nSPS) is 37.1. The van der Waals surface area contributed by atoms with Crippen molar-refractivity contribution >= 4 is 28.5 Å². The van der Waals surface area contributed by atoms with Gasteiger partial charge in [0, 0.05) is 8.99 Å².